The Morgan fingerprint density at radius 3 is 2.53 bits per heavy atom. The molecule has 0 aliphatic carbocycles. The number of primary amides is 1. The van der Waals surface area contributed by atoms with Gasteiger partial charge >= 0.3 is 5.69 Å². The van der Waals surface area contributed by atoms with Crippen molar-refractivity contribution in [2.24, 2.45) is 5.73 Å². The van der Waals surface area contributed by atoms with Crippen LogP contribution < -0.4 is 10.6 Å². The van der Waals surface area contributed by atoms with Crippen molar-refractivity contribution in [2.45, 2.75) is 32.9 Å². The lowest BCUT2D eigenvalue weighted by atomic mass is 10.3. The number of thiophene rings is 1. The predicted octanol–water partition coefficient (Wildman–Crippen LogP) is 1.41. The van der Waals surface area contributed by atoms with E-state index in [4.69, 9.17) is 5.73 Å². The zero-order valence-electron chi connectivity index (χ0n) is 11.0. The average Bonchev–Trinajstić information content (AvgIpc) is 2.69. The quantitative estimate of drug-likeness (QED) is 0.607. The highest BCUT2D eigenvalue weighted by Gasteiger charge is 2.27. The number of rotatable bonds is 6. The van der Waals surface area contributed by atoms with Crippen molar-refractivity contribution < 1.29 is 14.8 Å². The normalized spacial score (nSPS) is 12.5. The molecule has 0 spiro atoms. The Kier molecular flexibility index (Phi) is 4.84. The van der Waals surface area contributed by atoms with Gasteiger partial charge in [-0.15, -0.1) is 11.3 Å². The first-order chi connectivity index (χ1) is 8.73. The molecule has 19 heavy (non-hydrogen) atoms. The average molecular weight is 287 g/mol. The molecule has 0 aromatic carbocycles. The number of hydrogen-bond acceptors (Lipinski definition) is 6. The number of carbonyl (C=O) groups is 1. The minimum absolute atomic E-state index is 0.0989. The first-order valence-corrected chi connectivity index (χ1v) is 6.56. The zero-order chi connectivity index (χ0) is 14.7. The molecular weight excluding hydrogens is 270 g/mol. The largest absolute Gasteiger partial charge is 0.388 e. The van der Waals surface area contributed by atoms with E-state index in [2.05, 4.69) is 0 Å². The number of anilines is 1. The van der Waals surface area contributed by atoms with Crippen LogP contribution in [0.5, 0.6) is 0 Å². The highest BCUT2D eigenvalue weighted by Crippen LogP contribution is 2.40. The molecule has 1 unspecified atom stereocenters. The van der Waals surface area contributed by atoms with Crippen molar-refractivity contribution in [1.29, 1.82) is 0 Å². The van der Waals surface area contributed by atoms with Crippen LogP contribution >= 0.6 is 11.3 Å². The summed E-state index contributed by atoms with van der Waals surface area (Å²) in [6, 6.07) is 1.22. The minimum Gasteiger partial charge on any atom is -0.388 e. The number of hydrogen-bond donors (Lipinski definition) is 2. The third kappa shape index (κ3) is 3.65. The van der Waals surface area contributed by atoms with Gasteiger partial charge in [0.15, 0.2) is 5.00 Å². The zero-order valence-corrected chi connectivity index (χ0v) is 11.8. The van der Waals surface area contributed by atoms with Crippen LogP contribution in [0.2, 0.25) is 0 Å². The van der Waals surface area contributed by atoms with Gasteiger partial charge in [0.05, 0.1) is 17.6 Å². The van der Waals surface area contributed by atoms with Gasteiger partial charge in [0.1, 0.15) is 0 Å². The molecule has 1 heterocycles. The van der Waals surface area contributed by atoms with Crippen molar-refractivity contribution >= 4 is 27.9 Å². The van der Waals surface area contributed by atoms with E-state index in [1.54, 1.807) is 4.90 Å². The fraction of sp³-hybridized carbons (Fsp3) is 0.545. The molecule has 3 N–H and O–H groups in total. The number of aliphatic hydroxyl groups is 1. The summed E-state index contributed by atoms with van der Waals surface area (Å²) in [5.74, 6) is -0.560. The summed E-state index contributed by atoms with van der Waals surface area (Å²) in [4.78, 5) is 23.7. The lowest BCUT2D eigenvalue weighted by Gasteiger charge is -2.25. The Labute approximate surface area is 114 Å². The fourth-order valence-electron chi connectivity index (χ4n) is 1.59. The van der Waals surface area contributed by atoms with E-state index in [0.29, 0.717) is 9.88 Å². The molecule has 0 saturated heterocycles. The van der Waals surface area contributed by atoms with Crippen LogP contribution in [0.4, 0.5) is 10.7 Å². The summed E-state index contributed by atoms with van der Waals surface area (Å²) in [6.45, 7) is 5.06. The Morgan fingerprint density at radius 1 is 1.58 bits per heavy atom. The van der Waals surface area contributed by atoms with Gasteiger partial charge in [-0.1, -0.05) is 0 Å². The SMILES string of the molecule is CC(O)c1cc([N+](=O)[O-])c(N(CC(N)=O)C(C)C)s1. The Hall–Kier alpha value is -1.67. The molecule has 106 valence electrons. The van der Waals surface area contributed by atoms with Crippen molar-refractivity contribution in [3.63, 3.8) is 0 Å². The third-order valence-electron chi connectivity index (χ3n) is 2.53. The Balaban J connectivity index is 3.27. The van der Waals surface area contributed by atoms with Crippen LogP contribution in [-0.2, 0) is 4.79 Å². The molecule has 0 bridgehead atoms. The van der Waals surface area contributed by atoms with E-state index in [1.807, 2.05) is 13.8 Å². The first-order valence-electron chi connectivity index (χ1n) is 5.75. The molecule has 7 nitrogen and oxygen atoms in total. The maximum absolute atomic E-state index is 11.1. The van der Waals surface area contributed by atoms with E-state index >= 15 is 0 Å². The van der Waals surface area contributed by atoms with Crippen LogP contribution in [0.3, 0.4) is 0 Å². The highest BCUT2D eigenvalue weighted by atomic mass is 32.1. The minimum atomic E-state index is -0.792. The van der Waals surface area contributed by atoms with Crippen LogP contribution in [0.25, 0.3) is 0 Å². The van der Waals surface area contributed by atoms with Crippen molar-refractivity contribution in [2.75, 3.05) is 11.4 Å². The maximum atomic E-state index is 11.1. The topological polar surface area (TPSA) is 110 Å². The summed E-state index contributed by atoms with van der Waals surface area (Å²) in [6.07, 6.45) is -0.792. The summed E-state index contributed by atoms with van der Waals surface area (Å²) >= 11 is 1.10. The number of aliphatic hydroxyl groups excluding tert-OH is 1. The summed E-state index contributed by atoms with van der Waals surface area (Å²) < 4.78 is 0. The molecule has 1 rings (SSSR count). The van der Waals surface area contributed by atoms with Crippen molar-refractivity contribution in [1.82, 2.24) is 0 Å². The number of nitro groups is 1. The Bertz CT molecular complexity index is 484. The standard InChI is InChI=1S/C11H17N3O4S/c1-6(2)13(5-10(12)16)11-8(14(17)18)4-9(19-11)7(3)15/h4,6-7,15H,5H2,1-3H3,(H2,12,16). The van der Waals surface area contributed by atoms with Gasteiger partial charge in [-0.3, -0.25) is 14.9 Å². The smallest absolute Gasteiger partial charge is 0.304 e. The van der Waals surface area contributed by atoms with Crippen LogP contribution in [0, 0.1) is 10.1 Å². The third-order valence-corrected chi connectivity index (χ3v) is 3.86. The lowest BCUT2D eigenvalue weighted by molar-refractivity contribution is -0.383. The number of carbonyl (C=O) groups excluding carboxylic acids is 1. The second-order valence-corrected chi connectivity index (χ2v) is 5.52. The summed E-state index contributed by atoms with van der Waals surface area (Å²) in [7, 11) is 0. The van der Waals surface area contributed by atoms with Gasteiger partial charge in [-0.25, -0.2) is 0 Å². The van der Waals surface area contributed by atoms with Crippen LogP contribution in [0.1, 0.15) is 31.8 Å². The predicted molar refractivity (Wildman–Crippen MR) is 73.3 cm³/mol. The van der Waals surface area contributed by atoms with Gasteiger partial charge in [0.25, 0.3) is 0 Å². The van der Waals surface area contributed by atoms with E-state index in [1.165, 1.54) is 13.0 Å². The van der Waals surface area contributed by atoms with Gasteiger partial charge in [0.2, 0.25) is 5.91 Å². The molecule has 1 atom stereocenters. The lowest BCUT2D eigenvalue weighted by Crippen LogP contribution is -2.38. The van der Waals surface area contributed by atoms with Crippen LogP contribution in [0.15, 0.2) is 6.07 Å². The second-order valence-electron chi connectivity index (χ2n) is 4.46. The number of nitrogens with zero attached hydrogens (tertiary/aromatic N) is 2. The van der Waals surface area contributed by atoms with Crippen molar-refractivity contribution in [3.05, 3.63) is 21.1 Å². The molecule has 0 aliphatic rings. The summed E-state index contributed by atoms with van der Waals surface area (Å²) in [5, 5.41) is 20.9. The van der Waals surface area contributed by atoms with E-state index in [9.17, 15) is 20.0 Å². The number of amides is 1. The van der Waals surface area contributed by atoms with Gasteiger partial charge < -0.3 is 15.7 Å². The molecule has 0 aliphatic heterocycles. The molecule has 1 aromatic heterocycles. The van der Waals surface area contributed by atoms with Crippen LogP contribution in [-0.4, -0.2) is 28.5 Å². The second kappa shape index (κ2) is 5.98. The molecule has 8 heteroatoms. The molecule has 1 aromatic rings. The van der Waals surface area contributed by atoms with Gasteiger partial charge in [0, 0.05) is 17.0 Å². The first kappa shape index (κ1) is 15.4. The molecule has 0 saturated carbocycles. The number of nitrogens with two attached hydrogens (primary N) is 1. The maximum Gasteiger partial charge on any atom is 0.304 e. The Morgan fingerprint density at radius 2 is 2.16 bits per heavy atom. The molecule has 1 amide bonds. The monoisotopic (exact) mass is 287 g/mol. The van der Waals surface area contributed by atoms with Crippen molar-refractivity contribution in [3.8, 4) is 0 Å². The van der Waals surface area contributed by atoms with E-state index < -0.39 is 16.9 Å². The fourth-order valence-corrected chi connectivity index (χ4v) is 2.78. The van der Waals surface area contributed by atoms with E-state index in [0.717, 1.165) is 11.3 Å². The molecule has 0 fully saturated rings. The van der Waals surface area contributed by atoms with Gasteiger partial charge in [-0.2, -0.15) is 0 Å². The molecule has 0 radical (unpaired) electrons. The van der Waals surface area contributed by atoms with E-state index in [-0.39, 0.29) is 18.3 Å². The van der Waals surface area contributed by atoms with Gasteiger partial charge in [-0.05, 0) is 20.8 Å². The summed E-state index contributed by atoms with van der Waals surface area (Å²) in [5.41, 5.74) is 5.05. The highest BCUT2D eigenvalue weighted by molar-refractivity contribution is 7.16. The molecular formula is C11H17N3O4S.